The summed E-state index contributed by atoms with van der Waals surface area (Å²) in [7, 11) is 0. The topological polar surface area (TPSA) is 37.8 Å². The van der Waals surface area contributed by atoms with E-state index in [-0.39, 0.29) is 0 Å². The summed E-state index contributed by atoms with van der Waals surface area (Å²) in [5, 5.41) is 8.26. The van der Waals surface area contributed by atoms with Crippen molar-refractivity contribution < 1.29 is 0 Å². The third-order valence-electron chi connectivity index (χ3n) is 2.37. The Bertz CT molecular complexity index is 484. The number of hydrogen-bond donors (Lipinski definition) is 1. The molecule has 0 saturated carbocycles. The van der Waals surface area contributed by atoms with Crippen LogP contribution in [0.3, 0.4) is 0 Å². The van der Waals surface area contributed by atoms with Gasteiger partial charge in [-0.25, -0.2) is 0 Å². The molecule has 0 atom stereocenters. The lowest BCUT2D eigenvalue weighted by Crippen LogP contribution is -2.13. The first-order chi connectivity index (χ1) is 8.31. The smallest absolute Gasteiger partial charge is 0.110 e. The van der Waals surface area contributed by atoms with Gasteiger partial charge in [-0.3, -0.25) is 0 Å². The minimum atomic E-state index is 0.725. The fourth-order valence-corrected chi connectivity index (χ4v) is 2.38. The van der Waals surface area contributed by atoms with E-state index < -0.39 is 0 Å². The van der Waals surface area contributed by atoms with Crippen molar-refractivity contribution in [1.82, 2.24) is 14.9 Å². The molecule has 0 aliphatic rings. The maximum Gasteiger partial charge on any atom is 0.110 e. The van der Waals surface area contributed by atoms with Crippen LogP contribution in [0.5, 0.6) is 0 Å². The molecule has 90 valence electrons. The lowest BCUT2D eigenvalue weighted by molar-refractivity contribution is 0.681. The number of halogens is 1. The van der Waals surface area contributed by atoms with Crippen molar-refractivity contribution in [1.29, 1.82) is 0 Å². The molecule has 1 N–H and O–H groups in total. The second-order valence-electron chi connectivity index (χ2n) is 3.73. The Kier molecular flexibility index (Phi) is 4.48. The molecule has 17 heavy (non-hydrogen) atoms. The van der Waals surface area contributed by atoms with Gasteiger partial charge in [0.1, 0.15) is 5.69 Å². The molecule has 1 heterocycles. The Morgan fingerprint density at radius 2 is 2.29 bits per heavy atom. The van der Waals surface area contributed by atoms with E-state index >= 15 is 0 Å². The van der Waals surface area contributed by atoms with Crippen LogP contribution in [-0.4, -0.2) is 16.1 Å². The van der Waals surface area contributed by atoms with Crippen LogP contribution in [0.1, 0.15) is 18.2 Å². The van der Waals surface area contributed by atoms with Crippen LogP contribution in [0.15, 0.2) is 24.3 Å². The van der Waals surface area contributed by atoms with Crippen LogP contribution in [-0.2, 0) is 6.54 Å². The summed E-state index contributed by atoms with van der Waals surface area (Å²) in [4.78, 5) is 1.15. The standard InChI is InChI=1S/C12H14ClN3S/c1-2-6-14-8-11-12(15-16-17-11)9-4-3-5-10(13)7-9/h3-5,7,14H,2,6,8H2,1H3. The number of rotatable bonds is 5. The van der Waals surface area contributed by atoms with Crippen molar-refractivity contribution >= 4 is 23.1 Å². The van der Waals surface area contributed by atoms with Gasteiger partial charge < -0.3 is 5.32 Å². The van der Waals surface area contributed by atoms with Crippen molar-refractivity contribution in [2.45, 2.75) is 19.9 Å². The molecule has 0 unspecified atom stereocenters. The monoisotopic (exact) mass is 267 g/mol. The Labute approximate surface area is 110 Å². The fraction of sp³-hybridized carbons (Fsp3) is 0.333. The van der Waals surface area contributed by atoms with E-state index in [1.165, 1.54) is 11.5 Å². The van der Waals surface area contributed by atoms with Crippen molar-refractivity contribution in [2.75, 3.05) is 6.54 Å². The molecule has 0 bridgehead atoms. The van der Waals surface area contributed by atoms with Crippen molar-refractivity contribution in [3.05, 3.63) is 34.2 Å². The molecule has 1 aromatic heterocycles. The first-order valence-corrected chi connectivity index (χ1v) is 6.74. The molecule has 5 heteroatoms. The predicted octanol–water partition coefficient (Wildman–Crippen LogP) is 3.36. The van der Waals surface area contributed by atoms with E-state index in [9.17, 15) is 0 Å². The maximum absolute atomic E-state index is 5.98. The van der Waals surface area contributed by atoms with Gasteiger partial charge in [-0.2, -0.15) is 0 Å². The highest BCUT2D eigenvalue weighted by molar-refractivity contribution is 7.05. The van der Waals surface area contributed by atoms with E-state index in [0.29, 0.717) is 0 Å². The van der Waals surface area contributed by atoms with Crippen LogP contribution in [0.2, 0.25) is 5.02 Å². The van der Waals surface area contributed by atoms with Crippen LogP contribution in [0, 0.1) is 0 Å². The number of nitrogens with one attached hydrogen (secondary N) is 1. The van der Waals surface area contributed by atoms with Gasteiger partial charge in [0.2, 0.25) is 0 Å². The molecule has 0 radical (unpaired) electrons. The molecule has 1 aromatic carbocycles. The molecule has 0 spiro atoms. The van der Waals surface area contributed by atoms with E-state index in [4.69, 9.17) is 11.6 Å². The molecule has 0 aliphatic heterocycles. The zero-order valence-corrected chi connectivity index (χ0v) is 11.2. The minimum absolute atomic E-state index is 0.725. The molecule has 2 rings (SSSR count). The second-order valence-corrected chi connectivity index (χ2v) is 5.01. The third-order valence-corrected chi connectivity index (χ3v) is 3.32. The highest BCUT2D eigenvalue weighted by Crippen LogP contribution is 2.25. The summed E-state index contributed by atoms with van der Waals surface area (Å²) in [6.07, 6.45) is 1.12. The summed E-state index contributed by atoms with van der Waals surface area (Å²) in [5.74, 6) is 0. The van der Waals surface area contributed by atoms with E-state index in [2.05, 4.69) is 21.8 Å². The third kappa shape index (κ3) is 3.25. The van der Waals surface area contributed by atoms with Gasteiger partial charge >= 0.3 is 0 Å². The molecule has 3 nitrogen and oxygen atoms in total. The zero-order chi connectivity index (χ0) is 12.1. The summed E-state index contributed by atoms with van der Waals surface area (Å²) in [6, 6.07) is 7.72. The molecule has 0 amide bonds. The van der Waals surface area contributed by atoms with E-state index in [0.717, 1.165) is 40.7 Å². The zero-order valence-electron chi connectivity index (χ0n) is 9.61. The van der Waals surface area contributed by atoms with Gasteiger partial charge in [-0.15, -0.1) is 5.10 Å². The molecule has 0 saturated heterocycles. The van der Waals surface area contributed by atoms with Crippen molar-refractivity contribution in [3.63, 3.8) is 0 Å². The summed E-state index contributed by atoms with van der Waals surface area (Å²) in [5.41, 5.74) is 1.96. The van der Waals surface area contributed by atoms with Gasteiger partial charge in [0.15, 0.2) is 0 Å². The van der Waals surface area contributed by atoms with E-state index in [1.807, 2.05) is 24.3 Å². The number of benzene rings is 1. The molecule has 0 aliphatic carbocycles. The summed E-state index contributed by atoms with van der Waals surface area (Å²) in [6.45, 7) is 3.97. The fourth-order valence-electron chi connectivity index (χ4n) is 1.56. The van der Waals surface area contributed by atoms with Gasteiger partial charge in [-0.05, 0) is 36.6 Å². The molecule has 0 fully saturated rings. The average Bonchev–Trinajstić information content (AvgIpc) is 2.78. The van der Waals surface area contributed by atoms with Crippen LogP contribution in [0.25, 0.3) is 11.3 Å². The Morgan fingerprint density at radius 1 is 1.41 bits per heavy atom. The van der Waals surface area contributed by atoms with Crippen molar-refractivity contribution in [2.24, 2.45) is 0 Å². The highest BCUT2D eigenvalue weighted by Gasteiger charge is 2.09. The van der Waals surface area contributed by atoms with Gasteiger partial charge in [-0.1, -0.05) is 35.1 Å². The lowest BCUT2D eigenvalue weighted by Gasteiger charge is -2.03. The van der Waals surface area contributed by atoms with Crippen molar-refractivity contribution in [3.8, 4) is 11.3 Å². The highest BCUT2D eigenvalue weighted by atomic mass is 35.5. The molecule has 2 aromatic rings. The Hall–Kier alpha value is -0.970. The van der Waals surface area contributed by atoms with Gasteiger partial charge in [0.25, 0.3) is 0 Å². The average molecular weight is 268 g/mol. The first-order valence-electron chi connectivity index (χ1n) is 5.59. The quantitative estimate of drug-likeness (QED) is 0.844. The molecular formula is C12H14ClN3S. The predicted molar refractivity (Wildman–Crippen MR) is 72.4 cm³/mol. The largest absolute Gasteiger partial charge is 0.312 e. The van der Waals surface area contributed by atoms with E-state index in [1.54, 1.807) is 0 Å². The van der Waals surface area contributed by atoms with Crippen LogP contribution < -0.4 is 5.32 Å². The Morgan fingerprint density at radius 3 is 3.06 bits per heavy atom. The SMILES string of the molecule is CCCNCc1snnc1-c1cccc(Cl)c1. The summed E-state index contributed by atoms with van der Waals surface area (Å²) >= 11 is 7.41. The first kappa shape index (κ1) is 12.5. The summed E-state index contributed by atoms with van der Waals surface area (Å²) < 4.78 is 4.02. The second kappa shape index (κ2) is 6.10. The number of hydrogen-bond acceptors (Lipinski definition) is 4. The number of nitrogens with zero attached hydrogens (tertiary/aromatic N) is 2. The number of aromatic nitrogens is 2. The van der Waals surface area contributed by atoms with Gasteiger partial charge in [0, 0.05) is 17.1 Å². The normalized spacial score (nSPS) is 10.7. The Balaban J connectivity index is 2.18. The van der Waals surface area contributed by atoms with Gasteiger partial charge in [0.05, 0.1) is 4.88 Å². The van der Waals surface area contributed by atoms with Crippen LogP contribution >= 0.6 is 23.1 Å². The van der Waals surface area contributed by atoms with Crippen LogP contribution in [0.4, 0.5) is 0 Å². The lowest BCUT2D eigenvalue weighted by atomic mass is 10.1. The minimum Gasteiger partial charge on any atom is -0.312 e. The maximum atomic E-state index is 5.98. The molecular weight excluding hydrogens is 254 g/mol.